The third kappa shape index (κ3) is 6.43. The average Bonchev–Trinajstić information content (AvgIpc) is 3.13. The molecular formula is C25H30N4O4. The molecular weight excluding hydrogens is 420 g/mol. The number of benzene rings is 2. The Morgan fingerprint density at radius 3 is 2.18 bits per heavy atom. The zero-order valence-corrected chi connectivity index (χ0v) is 19.7. The van der Waals surface area contributed by atoms with E-state index in [0.29, 0.717) is 12.6 Å². The van der Waals surface area contributed by atoms with Gasteiger partial charge in [0.2, 0.25) is 5.95 Å². The lowest BCUT2D eigenvalue weighted by molar-refractivity contribution is -0.121. The highest BCUT2D eigenvalue weighted by Crippen LogP contribution is 2.29. The number of nitrogens with zero attached hydrogens (tertiary/aromatic N) is 3. The van der Waals surface area contributed by atoms with Gasteiger partial charge in [-0.1, -0.05) is 48.5 Å². The van der Waals surface area contributed by atoms with Gasteiger partial charge in [0.15, 0.2) is 11.5 Å². The van der Waals surface area contributed by atoms with Crippen LogP contribution in [-0.4, -0.2) is 47.7 Å². The molecule has 0 atom stereocenters. The molecule has 1 amide bonds. The largest absolute Gasteiger partial charge is 0.455 e. The van der Waals surface area contributed by atoms with Gasteiger partial charge in [0, 0.05) is 19.8 Å². The molecule has 0 aliphatic carbocycles. The van der Waals surface area contributed by atoms with Crippen molar-refractivity contribution in [3.8, 4) is 5.69 Å². The molecule has 0 aliphatic rings. The minimum Gasteiger partial charge on any atom is -0.455 e. The standard InChI is InChI=1S/C25H30N4O4/c1-25(2,3)33-23(31)21-22(26-20(30)17-32-16-18-12-8-6-9-13-18)27-24(28(4)5)29(21)19-14-10-7-11-15-19/h6-15H,16-17H2,1-5H3,(H,26,30). The van der Waals surface area contributed by atoms with E-state index in [9.17, 15) is 9.59 Å². The summed E-state index contributed by atoms with van der Waals surface area (Å²) in [6.45, 7) is 5.48. The zero-order chi connectivity index (χ0) is 24.0. The Hall–Kier alpha value is -3.65. The van der Waals surface area contributed by atoms with Gasteiger partial charge in [-0.15, -0.1) is 0 Å². The molecule has 0 radical (unpaired) electrons. The molecule has 33 heavy (non-hydrogen) atoms. The fourth-order valence-electron chi connectivity index (χ4n) is 3.14. The SMILES string of the molecule is CN(C)c1nc(NC(=O)COCc2ccccc2)c(C(=O)OC(C)(C)C)n1-c1ccccc1. The fourth-order valence-corrected chi connectivity index (χ4v) is 3.14. The molecule has 0 spiro atoms. The Morgan fingerprint density at radius 2 is 1.61 bits per heavy atom. The Kier molecular flexibility index (Phi) is 7.50. The summed E-state index contributed by atoms with van der Waals surface area (Å²) < 4.78 is 12.8. The van der Waals surface area contributed by atoms with Crippen molar-refractivity contribution in [2.45, 2.75) is 33.0 Å². The van der Waals surface area contributed by atoms with E-state index in [-0.39, 0.29) is 18.1 Å². The summed E-state index contributed by atoms with van der Waals surface area (Å²) in [6.07, 6.45) is 0. The fraction of sp³-hybridized carbons (Fsp3) is 0.320. The van der Waals surface area contributed by atoms with E-state index in [4.69, 9.17) is 9.47 Å². The lowest BCUT2D eigenvalue weighted by Gasteiger charge is -2.21. The van der Waals surface area contributed by atoms with Gasteiger partial charge >= 0.3 is 5.97 Å². The number of amides is 1. The molecule has 0 bridgehead atoms. The molecule has 8 nitrogen and oxygen atoms in total. The van der Waals surface area contributed by atoms with Crippen LogP contribution < -0.4 is 10.2 Å². The summed E-state index contributed by atoms with van der Waals surface area (Å²) in [5, 5.41) is 2.73. The predicted molar refractivity (Wildman–Crippen MR) is 128 cm³/mol. The quantitative estimate of drug-likeness (QED) is 0.521. The topological polar surface area (TPSA) is 85.7 Å². The van der Waals surface area contributed by atoms with Gasteiger partial charge in [0.25, 0.3) is 5.91 Å². The van der Waals surface area contributed by atoms with E-state index >= 15 is 0 Å². The average molecular weight is 451 g/mol. The van der Waals surface area contributed by atoms with Crippen molar-refractivity contribution in [2.24, 2.45) is 0 Å². The number of carbonyl (C=O) groups excluding carboxylic acids is 2. The minimum absolute atomic E-state index is 0.116. The van der Waals surface area contributed by atoms with Gasteiger partial charge in [0.1, 0.15) is 12.2 Å². The van der Waals surface area contributed by atoms with Gasteiger partial charge in [0.05, 0.1) is 6.61 Å². The van der Waals surface area contributed by atoms with Gasteiger partial charge in [-0.05, 0) is 38.5 Å². The highest BCUT2D eigenvalue weighted by molar-refractivity contribution is 6.01. The van der Waals surface area contributed by atoms with E-state index in [0.717, 1.165) is 11.3 Å². The summed E-state index contributed by atoms with van der Waals surface area (Å²) in [5.41, 5.74) is 1.09. The first-order valence-electron chi connectivity index (χ1n) is 10.7. The van der Waals surface area contributed by atoms with Gasteiger partial charge < -0.3 is 19.7 Å². The van der Waals surface area contributed by atoms with Crippen molar-refractivity contribution in [1.82, 2.24) is 9.55 Å². The minimum atomic E-state index is -0.721. The smallest absolute Gasteiger partial charge is 0.359 e. The van der Waals surface area contributed by atoms with E-state index in [2.05, 4.69) is 10.3 Å². The first kappa shape index (κ1) is 24.0. The van der Waals surface area contributed by atoms with Crippen LogP contribution in [0, 0.1) is 0 Å². The van der Waals surface area contributed by atoms with Crippen molar-refractivity contribution in [1.29, 1.82) is 0 Å². The summed E-state index contributed by atoms with van der Waals surface area (Å²) in [7, 11) is 3.63. The number of ether oxygens (including phenoxy) is 2. The van der Waals surface area contributed by atoms with E-state index in [1.54, 1.807) is 30.2 Å². The number of esters is 1. The van der Waals surface area contributed by atoms with Crippen molar-refractivity contribution < 1.29 is 19.1 Å². The van der Waals surface area contributed by atoms with Gasteiger partial charge in [-0.2, -0.15) is 4.98 Å². The Balaban J connectivity index is 1.91. The Labute approximate surface area is 194 Å². The van der Waals surface area contributed by atoms with Crippen LogP contribution in [0.3, 0.4) is 0 Å². The zero-order valence-electron chi connectivity index (χ0n) is 19.7. The third-order valence-electron chi connectivity index (χ3n) is 4.47. The summed E-state index contributed by atoms with van der Waals surface area (Å²) >= 11 is 0. The van der Waals surface area contributed by atoms with E-state index < -0.39 is 17.5 Å². The number of carbonyl (C=O) groups is 2. The van der Waals surface area contributed by atoms with Gasteiger partial charge in [-0.3, -0.25) is 9.36 Å². The molecule has 0 unspecified atom stereocenters. The second-order valence-electron chi connectivity index (χ2n) is 8.70. The predicted octanol–water partition coefficient (Wildman–Crippen LogP) is 4.05. The molecule has 1 N–H and O–H groups in total. The summed E-state index contributed by atoms with van der Waals surface area (Å²) in [5.74, 6) is -0.418. The first-order chi connectivity index (χ1) is 15.7. The highest BCUT2D eigenvalue weighted by Gasteiger charge is 2.30. The molecule has 0 aliphatic heterocycles. The molecule has 174 valence electrons. The Morgan fingerprint density at radius 1 is 1.00 bits per heavy atom. The molecule has 0 saturated carbocycles. The second-order valence-corrected chi connectivity index (χ2v) is 8.70. The Bertz CT molecular complexity index is 1090. The molecule has 0 fully saturated rings. The van der Waals surface area contributed by atoms with Crippen molar-refractivity contribution in [2.75, 3.05) is 30.9 Å². The maximum Gasteiger partial charge on any atom is 0.359 e. The number of rotatable bonds is 8. The number of para-hydroxylation sites is 1. The maximum absolute atomic E-state index is 13.2. The van der Waals surface area contributed by atoms with Crippen LogP contribution in [0.4, 0.5) is 11.8 Å². The van der Waals surface area contributed by atoms with E-state index in [1.807, 2.05) is 74.8 Å². The van der Waals surface area contributed by atoms with Crippen LogP contribution in [0.2, 0.25) is 0 Å². The van der Waals surface area contributed by atoms with Crippen LogP contribution in [0.25, 0.3) is 5.69 Å². The summed E-state index contributed by atoms with van der Waals surface area (Å²) in [6, 6.07) is 18.9. The monoisotopic (exact) mass is 450 g/mol. The van der Waals surface area contributed by atoms with Crippen LogP contribution in [0.1, 0.15) is 36.8 Å². The number of anilines is 2. The van der Waals surface area contributed by atoms with Crippen molar-refractivity contribution in [3.63, 3.8) is 0 Å². The first-order valence-corrected chi connectivity index (χ1v) is 10.7. The molecule has 3 rings (SSSR count). The number of hydrogen-bond acceptors (Lipinski definition) is 6. The maximum atomic E-state index is 13.2. The summed E-state index contributed by atoms with van der Waals surface area (Å²) in [4.78, 5) is 32.2. The lowest BCUT2D eigenvalue weighted by atomic mass is 10.2. The molecule has 2 aromatic carbocycles. The number of hydrogen-bond donors (Lipinski definition) is 1. The number of imidazole rings is 1. The lowest BCUT2D eigenvalue weighted by Crippen LogP contribution is -2.27. The molecule has 1 aromatic heterocycles. The van der Waals surface area contributed by atoms with E-state index in [1.165, 1.54) is 0 Å². The van der Waals surface area contributed by atoms with Crippen molar-refractivity contribution in [3.05, 3.63) is 71.9 Å². The molecule has 1 heterocycles. The number of nitrogens with one attached hydrogen (secondary N) is 1. The van der Waals surface area contributed by atoms with Gasteiger partial charge in [-0.25, -0.2) is 4.79 Å². The van der Waals surface area contributed by atoms with Crippen LogP contribution >= 0.6 is 0 Å². The van der Waals surface area contributed by atoms with Crippen LogP contribution in [0.5, 0.6) is 0 Å². The molecule has 8 heteroatoms. The number of aromatic nitrogens is 2. The molecule has 3 aromatic rings. The molecule has 0 saturated heterocycles. The highest BCUT2D eigenvalue weighted by atomic mass is 16.6. The van der Waals surface area contributed by atoms with Crippen LogP contribution in [-0.2, 0) is 20.9 Å². The van der Waals surface area contributed by atoms with Crippen molar-refractivity contribution >= 4 is 23.6 Å². The second kappa shape index (κ2) is 10.3. The third-order valence-corrected chi connectivity index (χ3v) is 4.47. The normalized spacial score (nSPS) is 11.2. The van der Waals surface area contributed by atoms with Crippen LogP contribution in [0.15, 0.2) is 60.7 Å².